The minimum Gasteiger partial charge on any atom is -0.399 e. The van der Waals surface area contributed by atoms with E-state index in [1.807, 2.05) is 53.7 Å². The molecule has 0 spiro atoms. The lowest BCUT2D eigenvalue weighted by atomic mass is 9.76. The third-order valence-electron chi connectivity index (χ3n) is 6.22. The van der Waals surface area contributed by atoms with Gasteiger partial charge in [0.1, 0.15) is 5.76 Å². The molecule has 4 rings (SSSR count). The third-order valence-corrected chi connectivity index (χ3v) is 6.22. The summed E-state index contributed by atoms with van der Waals surface area (Å²) in [5, 5.41) is 4.08. The molecule has 8 heteroatoms. The fraction of sp³-hybridized carbons (Fsp3) is 0.500. The molecule has 2 aromatic heterocycles. The second kappa shape index (κ2) is 5.84. The van der Waals surface area contributed by atoms with E-state index in [-0.39, 0.29) is 5.69 Å². The summed E-state index contributed by atoms with van der Waals surface area (Å²) < 4.78 is 21.3. The maximum Gasteiger partial charge on any atom is 0.497 e. The van der Waals surface area contributed by atoms with Crippen LogP contribution in [-0.4, -0.2) is 32.6 Å². The van der Waals surface area contributed by atoms with E-state index in [0.29, 0.717) is 0 Å². The molecule has 1 aromatic carbocycles. The summed E-state index contributed by atoms with van der Waals surface area (Å²) in [4.78, 5) is 12.7. The van der Waals surface area contributed by atoms with Gasteiger partial charge >= 0.3 is 12.8 Å². The Bertz CT molecular complexity index is 1120. The van der Waals surface area contributed by atoms with Gasteiger partial charge in [-0.15, -0.1) is 0 Å². The molecule has 0 atom stereocenters. The molecule has 1 saturated heterocycles. The molecular formula is C20H26BN3O4. The summed E-state index contributed by atoms with van der Waals surface area (Å²) in [5.74, 6) is 0.734. The van der Waals surface area contributed by atoms with Gasteiger partial charge in [0.2, 0.25) is 0 Å². The Morgan fingerprint density at radius 2 is 1.61 bits per heavy atom. The van der Waals surface area contributed by atoms with Crippen molar-refractivity contribution in [3.8, 4) is 11.1 Å². The number of aryl methyl sites for hydroxylation is 4. The van der Waals surface area contributed by atoms with E-state index in [9.17, 15) is 4.79 Å². The quantitative estimate of drug-likeness (QED) is 0.636. The molecule has 1 aliphatic heterocycles. The summed E-state index contributed by atoms with van der Waals surface area (Å²) >= 11 is 0. The molecule has 0 amide bonds. The number of imidazole rings is 1. The van der Waals surface area contributed by atoms with Crippen molar-refractivity contribution in [1.82, 2.24) is 14.3 Å². The van der Waals surface area contributed by atoms with Crippen LogP contribution in [0.25, 0.3) is 22.2 Å². The lowest BCUT2D eigenvalue weighted by Gasteiger charge is -2.32. The molecule has 1 aliphatic rings. The predicted octanol–water partition coefficient (Wildman–Crippen LogP) is 2.45. The van der Waals surface area contributed by atoms with E-state index >= 15 is 0 Å². The van der Waals surface area contributed by atoms with Crippen LogP contribution in [0.3, 0.4) is 0 Å². The summed E-state index contributed by atoms with van der Waals surface area (Å²) in [6, 6.07) is 4.02. The molecule has 1 fully saturated rings. The Morgan fingerprint density at radius 3 is 2.14 bits per heavy atom. The Balaban J connectivity index is 2.02. The van der Waals surface area contributed by atoms with Gasteiger partial charge in [-0.25, -0.2) is 4.79 Å². The van der Waals surface area contributed by atoms with E-state index in [1.54, 1.807) is 23.2 Å². The summed E-state index contributed by atoms with van der Waals surface area (Å²) in [6.07, 6.45) is 0. The molecule has 3 aromatic rings. The maximum atomic E-state index is 12.7. The Labute approximate surface area is 164 Å². The first-order valence-corrected chi connectivity index (χ1v) is 9.43. The molecule has 3 heterocycles. The SMILES string of the molecule is Cc1noc(C)c1-c1cc(B2OC(C)(C)C(C)(C)O2)c2c(c1)n(C)c(=O)n2C. The first-order valence-electron chi connectivity index (χ1n) is 9.43. The number of rotatable bonds is 2. The van der Waals surface area contributed by atoms with E-state index in [1.165, 1.54) is 0 Å². The first kappa shape index (κ1) is 19.0. The van der Waals surface area contributed by atoms with Crippen LogP contribution in [0.15, 0.2) is 21.5 Å². The van der Waals surface area contributed by atoms with Gasteiger partial charge in [0, 0.05) is 25.1 Å². The third kappa shape index (κ3) is 2.51. The van der Waals surface area contributed by atoms with Crippen LogP contribution in [0.4, 0.5) is 0 Å². The second-order valence-electron chi connectivity index (χ2n) is 8.62. The average molecular weight is 383 g/mol. The molecule has 0 unspecified atom stereocenters. The van der Waals surface area contributed by atoms with Crippen molar-refractivity contribution in [2.24, 2.45) is 14.1 Å². The van der Waals surface area contributed by atoms with E-state index in [0.717, 1.165) is 39.1 Å². The monoisotopic (exact) mass is 383 g/mol. The molecule has 0 N–H and O–H groups in total. The maximum absolute atomic E-state index is 12.7. The van der Waals surface area contributed by atoms with Gasteiger partial charge in [-0.1, -0.05) is 11.2 Å². The number of fused-ring (bicyclic) bond motifs is 1. The second-order valence-corrected chi connectivity index (χ2v) is 8.62. The average Bonchev–Trinajstić information content (AvgIpc) is 3.13. The molecular weight excluding hydrogens is 357 g/mol. The van der Waals surface area contributed by atoms with Crippen LogP contribution in [0.1, 0.15) is 39.1 Å². The van der Waals surface area contributed by atoms with Crippen LogP contribution in [0, 0.1) is 13.8 Å². The van der Waals surface area contributed by atoms with Crippen molar-refractivity contribution in [2.75, 3.05) is 0 Å². The van der Waals surface area contributed by atoms with E-state index in [2.05, 4.69) is 5.16 Å². The molecule has 0 radical (unpaired) electrons. The number of nitrogens with zero attached hydrogens (tertiary/aromatic N) is 3. The van der Waals surface area contributed by atoms with Crippen molar-refractivity contribution in [3.63, 3.8) is 0 Å². The number of hydrogen-bond donors (Lipinski definition) is 0. The molecule has 148 valence electrons. The number of hydrogen-bond acceptors (Lipinski definition) is 5. The lowest BCUT2D eigenvalue weighted by Crippen LogP contribution is -2.41. The van der Waals surface area contributed by atoms with Crippen LogP contribution in [-0.2, 0) is 23.4 Å². The van der Waals surface area contributed by atoms with E-state index in [4.69, 9.17) is 13.8 Å². The van der Waals surface area contributed by atoms with Gasteiger partial charge in [-0.3, -0.25) is 9.13 Å². The Morgan fingerprint density at radius 1 is 1.00 bits per heavy atom. The van der Waals surface area contributed by atoms with Crippen molar-refractivity contribution in [3.05, 3.63) is 34.1 Å². The van der Waals surface area contributed by atoms with Gasteiger partial charge in [0.15, 0.2) is 0 Å². The topological polar surface area (TPSA) is 71.4 Å². The highest BCUT2D eigenvalue weighted by atomic mass is 16.7. The van der Waals surface area contributed by atoms with Gasteiger partial charge < -0.3 is 13.8 Å². The smallest absolute Gasteiger partial charge is 0.399 e. The van der Waals surface area contributed by atoms with Crippen LogP contribution in [0.5, 0.6) is 0 Å². The minimum absolute atomic E-state index is 0.0938. The first-order chi connectivity index (χ1) is 12.9. The zero-order valence-electron chi connectivity index (χ0n) is 17.7. The fourth-order valence-corrected chi connectivity index (χ4v) is 3.88. The summed E-state index contributed by atoms with van der Waals surface area (Å²) in [5.41, 5.74) is 4.06. The van der Waals surface area contributed by atoms with Gasteiger partial charge in [0.05, 0.1) is 27.9 Å². The molecule has 28 heavy (non-hydrogen) atoms. The van der Waals surface area contributed by atoms with Gasteiger partial charge in [-0.2, -0.15) is 0 Å². The zero-order valence-corrected chi connectivity index (χ0v) is 17.7. The fourth-order valence-electron chi connectivity index (χ4n) is 3.88. The van der Waals surface area contributed by atoms with Crippen LogP contribution >= 0.6 is 0 Å². The minimum atomic E-state index is -0.582. The highest BCUT2D eigenvalue weighted by molar-refractivity contribution is 6.65. The Kier molecular flexibility index (Phi) is 3.97. The number of aromatic nitrogens is 3. The molecule has 0 aliphatic carbocycles. The van der Waals surface area contributed by atoms with Crippen molar-refractivity contribution in [1.29, 1.82) is 0 Å². The number of benzene rings is 1. The molecule has 0 bridgehead atoms. The lowest BCUT2D eigenvalue weighted by molar-refractivity contribution is 0.00578. The predicted molar refractivity (Wildman–Crippen MR) is 109 cm³/mol. The highest BCUT2D eigenvalue weighted by Crippen LogP contribution is 2.38. The largest absolute Gasteiger partial charge is 0.497 e. The van der Waals surface area contributed by atoms with Crippen molar-refractivity contribution >= 4 is 23.6 Å². The van der Waals surface area contributed by atoms with Gasteiger partial charge in [0.25, 0.3) is 0 Å². The van der Waals surface area contributed by atoms with E-state index < -0.39 is 18.3 Å². The van der Waals surface area contributed by atoms with Crippen molar-refractivity contribution < 1.29 is 13.8 Å². The summed E-state index contributed by atoms with van der Waals surface area (Å²) in [6.45, 7) is 11.9. The normalized spacial score (nSPS) is 18.4. The zero-order chi connectivity index (χ0) is 20.6. The summed E-state index contributed by atoms with van der Waals surface area (Å²) in [7, 11) is 2.96. The highest BCUT2D eigenvalue weighted by Gasteiger charge is 2.52. The van der Waals surface area contributed by atoms with Gasteiger partial charge in [-0.05, 0) is 53.2 Å². The Hall–Kier alpha value is -2.32. The van der Waals surface area contributed by atoms with Crippen LogP contribution in [0.2, 0.25) is 0 Å². The molecule has 7 nitrogen and oxygen atoms in total. The van der Waals surface area contributed by atoms with Crippen LogP contribution < -0.4 is 11.2 Å². The van der Waals surface area contributed by atoms with Crippen molar-refractivity contribution in [2.45, 2.75) is 52.7 Å². The standard InChI is InChI=1S/C20H26BN3O4/c1-11-16(12(2)26-22-11)13-9-14(21-27-19(3,4)20(5,6)28-21)17-15(10-13)23(7)18(25)24(17)8/h9-10H,1-8H3. The molecule has 0 saturated carbocycles.